The molecule has 0 unspecified atom stereocenters. The van der Waals surface area contributed by atoms with Gasteiger partial charge in [0.1, 0.15) is 11.5 Å². The third kappa shape index (κ3) is 2.76. The Balaban J connectivity index is 1.65. The number of benzene rings is 2. The van der Waals surface area contributed by atoms with Crippen LogP contribution in [-0.4, -0.2) is 18.1 Å². The molecule has 3 aromatic rings. The van der Waals surface area contributed by atoms with Gasteiger partial charge in [-0.05, 0) is 36.5 Å². The molecule has 25 heavy (non-hydrogen) atoms. The van der Waals surface area contributed by atoms with Gasteiger partial charge in [-0.15, -0.1) is 0 Å². The smallest absolute Gasteiger partial charge is 0.273 e. The lowest BCUT2D eigenvalue weighted by Crippen LogP contribution is -2.35. The summed E-state index contributed by atoms with van der Waals surface area (Å²) in [4.78, 5) is 17.1. The Morgan fingerprint density at radius 2 is 1.72 bits per heavy atom. The molecule has 1 aromatic heterocycles. The predicted molar refractivity (Wildman–Crippen MR) is 99.6 cm³/mol. The van der Waals surface area contributed by atoms with Crippen LogP contribution in [0.5, 0.6) is 0 Å². The van der Waals surface area contributed by atoms with Gasteiger partial charge >= 0.3 is 0 Å². The Bertz CT molecular complexity index is 974. The van der Waals surface area contributed by atoms with E-state index in [1.54, 1.807) is 6.07 Å². The Morgan fingerprint density at radius 1 is 1.04 bits per heavy atom. The van der Waals surface area contributed by atoms with E-state index in [-0.39, 0.29) is 23.0 Å². The number of fused-ring (bicyclic) bond motifs is 1. The fraction of sp³-hybridized carbons (Fsp3) is 0.250. The van der Waals surface area contributed by atoms with Crippen molar-refractivity contribution < 1.29 is 4.39 Å². The van der Waals surface area contributed by atoms with Crippen molar-refractivity contribution in [2.45, 2.75) is 18.8 Å². The first-order valence-electron chi connectivity index (χ1n) is 8.55. The maximum absolute atomic E-state index is 14.0. The quantitative estimate of drug-likeness (QED) is 0.750. The van der Waals surface area contributed by atoms with Crippen LogP contribution in [-0.2, 0) is 0 Å². The number of anilines is 2. The molecule has 2 aromatic carbocycles. The van der Waals surface area contributed by atoms with Gasteiger partial charge in [0.2, 0.25) is 0 Å². The second kappa shape index (κ2) is 6.24. The van der Waals surface area contributed by atoms with Crippen molar-refractivity contribution in [2.24, 2.45) is 0 Å². The first kappa shape index (κ1) is 15.7. The first-order chi connectivity index (χ1) is 12.1. The highest BCUT2D eigenvalue weighted by molar-refractivity contribution is 5.97. The van der Waals surface area contributed by atoms with Gasteiger partial charge in [0.05, 0.1) is 11.2 Å². The minimum atomic E-state index is -0.259. The van der Waals surface area contributed by atoms with E-state index in [1.807, 2.05) is 36.4 Å². The molecule has 0 saturated carbocycles. The summed E-state index contributed by atoms with van der Waals surface area (Å²) in [7, 11) is 0. The molecule has 3 N–H and O–H groups in total. The Kier molecular flexibility index (Phi) is 3.92. The summed E-state index contributed by atoms with van der Waals surface area (Å²) in [5.74, 6) is 0.0639. The molecule has 0 radical (unpaired) electrons. The number of hydrogen-bond donors (Lipinski definition) is 2. The second-order valence-corrected chi connectivity index (χ2v) is 6.54. The van der Waals surface area contributed by atoms with E-state index in [0.717, 1.165) is 48.1 Å². The van der Waals surface area contributed by atoms with E-state index < -0.39 is 0 Å². The van der Waals surface area contributed by atoms with Crippen molar-refractivity contribution in [1.29, 1.82) is 0 Å². The summed E-state index contributed by atoms with van der Waals surface area (Å²) in [6.45, 7) is 1.49. The van der Waals surface area contributed by atoms with Crippen molar-refractivity contribution in [2.75, 3.05) is 23.7 Å². The molecule has 0 bridgehead atoms. The first-order valence-corrected chi connectivity index (χ1v) is 8.55. The molecule has 0 aliphatic carbocycles. The molecule has 1 fully saturated rings. The van der Waals surface area contributed by atoms with Crippen LogP contribution >= 0.6 is 0 Å². The van der Waals surface area contributed by atoms with Crippen molar-refractivity contribution in [3.63, 3.8) is 0 Å². The average molecular weight is 337 g/mol. The van der Waals surface area contributed by atoms with Crippen LogP contribution in [0.4, 0.5) is 15.8 Å². The van der Waals surface area contributed by atoms with Gasteiger partial charge in [0, 0.05) is 18.5 Å². The SMILES string of the molecule is Nc1c(N2CCC(c3ccccc3F)CC2)c2ccccc2[nH]c1=O. The van der Waals surface area contributed by atoms with Crippen molar-refractivity contribution in [3.8, 4) is 0 Å². The Labute approximate surface area is 145 Å². The lowest BCUT2D eigenvalue weighted by Gasteiger charge is -2.35. The molecule has 0 spiro atoms. The molecule has 1 aliphatic heterocycles. The zero-order valence-corrected chi connectivity index (χ0v) is 13.8. The zero-order valence-electron chi connectivity index (χ0n) is 13.8. The molecule has 2 heterocycles. The summed E-state index contributed by atoms with van der Waals surface area (Å²) >= 11 is 0. The number of rotatable bonds is 2. The summed E-state index contributed by atoms with van der Waals surface area (Å²) in [5, 5.41) is 0.948. The second-order valence-electron chi connectivity index (χ2n) is 6.54. The summed E-state index contributed by atoms with van der Waals surface area (Å²) in [5.41, 5.74) is 8.46. The maximum atomic E-state index is 14.0. The number of nitrogens with two attached hydrogens (primary N) is 1. The Hall–Kier alpha value is -2.82. The van der Waals surface area contributed by atoms with Gasteiger partial charge in [-0.3, -0.25) is 4.79 Å². The van der Waals surface area contributed by atoms with E-state index >= 15 is 0 Å². The number of aromatic nitrogens is 1. The summed E-state index contributed by atoms with van der Waals surface area (Å²) in [6, 6.07) is 14.7. The van der Waals surface area contributed by atoms with Gasteiger partial charge < -0.3 is 15.6 Å². The highest BCUT2D eigenvalue weighted by Crippen LogP contribution is 2.35. The minimum absolute atomic E-state index is 0.137. The van der Waals surface area contributed by atoms with Gasteiger partial charge in [-0.1, -0.05) is 36.4 Å². The van der Waals surface area contributed by atoms with Crippen molar-refractivity contribution in [3.05, 3.63) is 70.3 Å². The fourth-order valence-electron chi connectivity index (χ4n) is 3.80. The third-order valence-electron chi connectivity index (χ3n) is 5.09. The molecule has 0 atom stereocenters. The van der Waals surface area contributed by atoms with E-state index in [0.29, 0.717) is 0 Å². The van der Waals surface area contributed by atoms with E-state index in [9.17, 15) is 9.18 Å². The molecule has 128 valence electrons. The number of halogens is 1. The number of aromatic amines is 1. The largest absolute Gasteiger partial charge is 0.393 e. The lowest BCUT2D eigenvalue weighted by atomic mass is 9.88. The monoisotopic (exact) mass is 337 g/mol. The number of H-pyrrole nitrogens is 1. The van der Waals surface area contributed by atoms with Crippen LogP contribution in [0.2, 0.25) is 0 Å². The summed E-state index contributed by atoms with van der Waals surface area (Å²) in [6.07, 6.45) is 1.67. The number of para-hydroxylation sites is 1. The van der Waals surface area contributed by atoms with E-state index in [4.69, 9.17) is 5.73 Å². The normalized spacial score (nSPS) is 15.6. The van der Waals surface area contributed by atoms with Crippen molar-refractivity contribution in [1.82, 2.24) is 4.98 Å². The highest BCUT2D eigenvalue weighted by atomic mass is 19.1. The number of pyridine rings is 1. The standard InChI is InChI=1S/C20H20FN3O/c21-16-7-3-1-5-14(16)13-9-11-24(12-10-13)19-15-6-2-4-8-17(15)23-20(25)18(19)22/h1-8,13H,9-12,22H2,(H,23,25). The molecule has 1 saturated heterocycles. The molecular formula is C20H20FN3O. The molecular weight excluding hydrogens is 317 g/mol. The van der Waals surface area contributed by atoms with Gasteiger partial charge in [-0.2, -0.15) is 0 Å². The summed E-state index contributed by atoms with van der Waals surface area (Å²) < 4.78 is 14.0. The van der Waals surface area contributed by atoms with Crippen LogP contribution < -0.4 is 16.2 Å². The lowest BCUT2D eigenvalue weighted by molar-refractivity contribution is 0.482. The Morgan fingerprint density at radius 3 is 2.48 bits per heavy atom. The number of nitrogens with zero attached hydrogens (tertiary/aromatic N) is 1. The van der Waals surface area contributed by atoms with Crippen LogP contribution in [0.1, 0.15) is 24.3 Å². The van der Waals surface area contributed by atoms with Crippen LogP contribution in [0.3, 0.4) is 0 Å². The van der Waals surface area contributed by atoms with E-state index in [1.165, 1.54) is 6.07 Å². The van der Waals surface area contributed by atoms with Crippen LogP contribution in [0, 0.1) is 5.82 Å². The predicted octanol–water partition coefficient (Wildman–Crippen LogP) is 3.63. The number of piperidine rings is 1. The molecule has 5 heteroatoms. The maximum Gasteiger partial charge on any atom is 0.273 e. The molecule has 4 nitrogen and oxygen atoms in total. The molecule has 0 amide bonds. The van der Waals surface area contributed by atoms with Crippen LogP contribution in [0.25, 0.3) is 10.9 Å². The number of hydrogen-bond acceptors (Lipinski definition) is 3. The number of nitrogens with one attached hydrogen (secondary N) is 1. The van der Waals surface area contributed by atoms with Gasteiger partial charge in [-0.25, -0.2) is 4.39 Å². The minimum Gasteiger partial charge on any atom is -0.393 e. The third-order valence-corrected chi connectivity index (χ3v) is 5.09. The van der Waals surface area contributed by atoms with Crippen molar-refractivity contribution >= 4 is 22.3 Å². The zero-order chi connectivity index (χ0) is 17.4. The van der Waals surface area contributed by atoms with Crippen LogP contribution in [0.15, 0.2) is 53.3 Å². The average Bonchev–Trinajstić information content (AvgIpc) is 2.64. The van der Waals surface area contributed by atoms with E-state index in [2.05, 4.69) is 9.88 Å². The topological polar surface area (TPSA) is 62.1 Å². The highest BCUT2D eigenvalue weighted by Gasteiger charge is 2.25. The molecule has 1 aliphatic rings. The molecule has 4 rings (SSSR count). The fourth-order valence-corrected chi connectivity index (χ4v) is 3.80. The van der Waals surface area contributed by atoms with Gasteiger partial charge in [0.15, 0.2) is 0 Å². The number of nitrogen functional groups attached to an aromatic ring is 1. The van der Waals surface area contributed by atoms with Gasteiger partial charge in [0.25, 0.3) is 5.56 Å².